The van der Waals surface area contributed by atoms with Gasteiger partial charge in [-0.15, -0.1) is 23.1 Å². The number of fused-ring (bicyclic) bond motifs is 1. The predicted octanol–water partition coefficient (Wildman–Crippen LogP) is 12.8. The van der Waals surface area contributed by atoms with Crippen molar-refractivity contribution >= 4 is 80.3 Å². The third-order valence-corrected chi connectivity index (χ3v) is 17.0. The van der Waals surface area contributed by atoms with Gasteiger partial charge in [-0.2, -0.15) is 0 Å². The van der Waals surface area contributed by atoms with Gasteiger partial charge in [0.05, 0.1) is 5.56 Å². The Bertz CT molecular complexity index is 3520. The summed E-state index contributed by atoms with van der Waals surface area (Å²) in [5, 5.41) is 12.7. The van der Waals surface area contributed by atoms with E-state index in [-0.39, 0.29) is 23.7 Å². The maximum Gasteiger partial charge on any atom is 0.356 e. The quantitative estimate of drug-likeness (QED) is 0.0144. The lowest BCUT2D eigenvalue weighted by molar-refractivity contribution is -0.154. The van der Waals surface area contributed by atoms with Gasteiger partial charge in [0.15, 0.2) is 23.1 Å². The largest absolute Gasteiger partial charge is 0.449 e. The number of thioether (sulfide) groups is 1. The predicted molar refractivity (Wildman–Crippen MR) is 325 cm³/mol. The first-order valence-electron chi connectivity index (χ1n) is 26.1. The number of β-lactam (4-membered cyclic amide) rings is 1. The number of nitrogens with one attached hydrogen (secondary N) is 2. The fraction of sp³-hybridized carbons (Fsp3) is 0.121. The van der Waals surface area contributed by atoms with Crippen molar-refractivity contribution in [3.8, 4) is 0 Å². The molecule has 1 saturated heterocycles. The molecular formula is C66H52IN5O7S2. The summed E-state index contributed by atoms with van der Waals surface area (Å²) >= 11 is 4.94. The van der Waals surface area contributed by atoms with Crippen molar-refractivity contribution < 1.29 is 33.5 Å². The van der Waals surface area contributed by atoms with Crippen molar-refractivity contribution in [2.24, 2.45) is 5.16 Å². The van der Waals surface area contributed by atoms with Crippen molar-refractivity contribution in [1.29, 1.82) is 0 Å². The molecule has 2 N–H and O–H groups in total. The minimum Gasteiger partial charge on any atom is -0.449 e. The van der Waals surface area contributed by atoms with Gasteiger partial charge in [-0.3, -0.25) is 14.5 Å². The third-order valence-electron chi connectivity index (χ3n) is 14.0. The monoisotopic (exact) mass is 1220 g/mol. The second kappa shape index (κ2) is 25.2. The lowest BCUT2D eigenvalue weighted by Crippen LogP contribution is -2.71. The second-order valence-corrected chi connectivity index (χ2v) is 21.8. The van der Waals surface area contributed by atoms with Gasteiger partial charge in [0, 0.05) is 15.6 Å². The van der Waals surface area contributed by atoms with Crippen LogP contribution in [0.15, 0.2) is 258 Å². The van der Waals surface area contributed by atoms with E-state index in [1.54, 1.807) is 29.6 Å². The molecule has 0 aliphatic carbocycles. The van der Waals surface area contributed by atoms with Gasteiger partial charge >= 0.3 is 11.9 Å². The zero-order valence-corrected chi connectivity index (χ0v) is 47.2. The molecule has 0 saturated carbocycles. The average Bonchev–Trinajstić information content (AvgIpc) is 4.03. The van der Waals surface area contributed by atoms with Gasteiger partial charge < -0.3 is 24.9 Å². The number of amides is 2. The van der Waals surface area contributed by atoms with Gasteiger partial charge in [-0.1, -0.05) is 252 Å². The summed E-state index contributed by atoms with van der Waals surface area (Å²) in [4.78, 5) is 69.9. The van der Waals surface area contributed by atoms with Crippen molar-refractivity contribution in [2.45, 2.75) is 35.8 Å². The number of hydrogen-bond donors (Lipinski definition) is 2. The summed E-state index contributed by atoms with van der Waals surface area (Å²) < 4.78 is 12.9. The number of ether oxygens (including phenoxy) is 2. The number of aromatic nitrogens is 1. The smallest absolute Gasteiger partial charge is 0.356 e. The Morgan fingerprint density at radius 3 is 1.52 bits per heavy atom. The molecule has 402 valence electrons. The van der Waals surface area contributed by atoms with Crippen LogP contribution in [-0.4, -0.2) is 60.9 Å². The fourth-order valence-corrected chi connectivity index (χ4v) is 13.1. The Kier molecular flexibility index (Phi) is 16.9. The van der Waals surface area contributed by atoms with Crippen molar-refractivity contribution in [3.05, 3.63) is 309 Å². The van der Waals surface area contributed by atoms with E-state index in [2.05, 4.69) is 74.8 Å². The first-order chi connectivity index (χ1) is 39.8. The van der Waals surface area contributed by atoms with E-state index in [0.717, 1.165) is 44.5 Å². The maximum atomic E-state index is 14.9. The summed E-state index contributed by atoms with van der Waals surface area (Å²) in [7, 11) is 0. The number of oxime groups is 1. The third kappa shape index (κ3) is 11.8. The molecule has 8 aromatic carbocycles. The molecule has 0 spiro atoms. The van der Waals surface area contributed by atoms with Gasteiger partial charge in [0.1, 0.15) is 35.0 Å². The molecule has 2 atom stereocenters. The number of nitrogens with zero attached hydrogens (tertiary/aromatic N) is 3. The van der Waals surface area contributed by atoms with Crippen LogP contribution in [-0.2, 0) is 40.8 Å². The minimum atomic E-state index is -1.03. The first kappa shape index (κ1) is 54.3. The lowest BCUT2D eigenvalue weighted by atomic mass is 9.77. The number of carbonyl (C=O) groups excluding carboxylic acids is 4. The molecule has 81 heavy (non-hydrogen) atoms. The van der Waals surface area contributed by atoms with E-state index in [9.17, 15) is 19.2 Å². The number of carbonyl (C=O) groups is 4. The van der Waals surface area contributed by atoms with Gasteiger partial charge in [-0.25, -0.2) is 14.6 Å². The maximum absolute atomic E-state index is 14.9. The van der Waals surface area contributed by atoms with E-state index < -0.39 is 52.9 Å². The number of esters is 2. The van der Waals surface area contributed by atoms with Crippen LogP contribution in [0.3, 0.4) is 0 Å². The second-order valence-electron chi connectivity index (χ2n) is 19.1. The highest BCUT2D eigenvalue weighted by Gasteiger charge is 2.55. The molecule has 1 fully saturated rings. The number of hydrogen-bond acceptors (Lipinski definition) is 12. The number of halogens is 1. The summed E-state index contributed by atoms with van der Waals surface area (Å²) in [5.74, 6) is -1.88. The summed E-state index contributed by atoms with van der Waals surface area (Å²) in [6.07, 6.45) is -1.35. The molecule has 15 heteroatoms. The normalized spacial score (nSPS) is 15.1. The number of anilines is 1. The SMILES string of the molecule is O=C(N[C@@H]1C(=O)N2C(C(=O)OC(c3ccccc3)c3ccccc3)=C(CI)CS[C@@H]12)C(=NOCc1ccc(C(=O)OC(c2ccccc2)c2ccccc2)cc1)c1csc(NC(c2ccccc2)(c2ccccc2)c2ccccc2)n1. The van der Waals surface area contributed by atoms with Crippen LogP contribution in [0.5, 0.6) is 0 Å². The Morgan fingerprint density at radius 2 is 1.06 bits per heavy atom. The molecule has 0 radical (unpaired) electrons. The summed E-state index contributed by atoms with van der Waals surface area (Å²) in [6.45, 7) is -0.0892. The molecule has 2 aliphatic rings. The average molecular weight is 1220 g/mol. The number of rotatable bonds is 20. The molecule has 1 aromatic heterocycles. The minimum absolute atomic E-state index is 0.0892. The Balaban J connectivity index is 0.868. The first-order valence-corrected chi connectivity index (χ1v) is 29.6. The fourth-order valence-electron chi connectivity index (χ4n) is 9.98. The molecule has 2 aliphatic heterocycles. The molecule has 0 bridgehead atoms. The summed E-state index contributed by atoms with van der Waals surface area (Å²) in [5.41, 5.74) is 7.11. The lowest BCUT2D eigenvalue weighted by Gasteiger charge is -2.49. The zero-order chi connectivity index (χ0) is 55.5. The van der Waals surface area contributed by atoms with E-state index in [0.29, 0.717) is 26.4 Å². The van der Waals surface area contributed by atoms with Gasteiger partial charge in [-0.05, 0) is 62.2 Å². The van der Waals surface area contributed by atoms with Crippen LogP contribution < -0.4 is 10.6 Å². The van der Waals surface area contributed by atoms with Crippen molar-refractivity contribution in [2.75, 3.05) is 15.5 Å². The van der Waals surface area contributed by atoms with Gasteiger partial charge in [0.25, 0.3) is 11.8 Å². The van der Waals surface area contributed by atoms with Crippen LogP contribution in [0, 0.1) is 0 Å². The molecule has 11 rings (SSSR count). The molecule has 2 amide bonds. The molecule has 0 unspecified atom stereocenters. The topological polar surface area (TPSA) is 149 Å². The van der Waals surface area contributed by atoms with Crippen LogP contribution in [0.2, 0.25) is 0 Å². The van der Waals surface area contributed by atoms with E-state index in [1.807, 2.05) is 176 Å². The number of thiazole rings is 1. The van der Waals surface area contributed by atoms with Crippen molar-refractivity contribution in [3.63, 3.8) is 0 Å². The molecule has 9 aromatic rings. The Morgan fingerprint density at radius 1 is 0.617 bits per heavy atom. The molecule has 3 heterocycles. The highest BCUT2D eigenvalue weighted by atomic mass is 127. The van der Waals surface area contributed by atoms with Crippen molar-refractivity contribution in [1.82, 2.24) is 15.2 Å². The Labute approximate surface area is 491 Å². The van der Waals surface area contributed by atoms with Gasteiger partial charge in [0.2, 0.25) is 0 Å². The molecule has 12 nitrogen and oxygen atoms in total. The zero-order valence-electron chi connectivity index (χ0n) is 43.4. The highest BCUT2D eigenvalue weighted by molar-refractivity contribution is 14.1. The molecular weight excluding hydrogens is 1170 g/mol. The van der Waals surface area contributed by atoms with Crippen LogP contribution >= 0.6 is 45.7 Å². The standard InChI is InChI=1S/C66H52IN5O7S2/c67-40-50-42-80-62-56(61(74)72(62)57(50)64(76)79-59(47-26-12-3-13-27-47)48-28-14-4-15-29-48)69-60(73)55(71-77-41-44-36-38-49(39-37-44)63(75)78-58(45-22-8-1-9-23-45)46-24-10-2-11-25-46)54-43-81-65(68-54)70-66(51-30-16-5-17-31-51,52-32-18-6-19-33-52)53-34-20-7-21-35-53/h1-39,43,56,58-59,62H,40-42H2,(H,68,70)(H,69,73)/t56-,62+/m1/s1. The van der Waals surface area contributed by atoms with Crippen LogP contribution in [0.25, 0.3) is 0 Å². The van der Waals surface area contributed by atoms with E-state index in [4.69, 9.17) is 19.3 Å². The highest BCUT2D eigenvalue weighted by Crippen LogP contribution is 2.43. The van der Waals surface area contributed by atoms with E-state index in [1.165, 1.54) is 28.0 Å². The summed E-state index contributed by atoms with van der Waals surface area (Å²) in [6, 6.07) is 74.1. The van der Waals surface area contributed by atoms with Crippen LogP contribution in [0.4, 0.5) is 5.13 Å². The van der Waals surface area contributed by atoms with E-state index >= 15 is 0 Å². The van der Waals surface area contributed by atoms with Crippen LogP contribution in [0.1, 0.15) is 72.8 Å². The number of alkyl halides is 1. The number of benzene rings is 8. The Hall–Kier alpha value is -8.64.